The van der Waals surface area contributed by atoms with Crippen LogP contribution in [-0.4, -0.2) is 55.5 Å². The smallest absolute Gasteiger partial charge is 0.101 e. The summed E-state index contributed by atoms with van der Waals surface area (Å²) in [6.45, 7) is 4.27. The molecule has 0 aliphatic carbocycles. The SMILES string of the molecule is N#Cc1ccccc1NCC(O)CN1CCOCC1. The zero-order valence-corrected chi connectivity index (χ0v) is 10.9. The minimum absolute atomic E-state index is 0.441. The van der Waals surface area contributed by atoms with Gasteiger partial charge in [-0.3, -0.25) is 4.90 Å². The lowest BCUT2D eigenvalue weighted by Crippen LogP contribution is -2.42. The van der Waals surface area contributed by atoms with Crippen molar-refractivity contribution in [3.63, 3.8) is 0 Å². The van der Waals surface area contributed by atoms with E-state index < -0.39 is 6.10 Å². The highest BCUT2D eigenvalue weighted by atomic mass is 16.5. The summed E-state index contributed by atoms with van der Waals surface area (Å²) in [5.74, 6) is 0. The Balaban J connectivity index is 1.79. The third-order valence-corrected chi connectivity index (χ3v) is 3.15. The van der Waals surface area contributed by atoms with Crippen molar-refractivity contribution in [1.82, 2.24) is 4.90 Å². The maximum absolute atomic E-state index is 10.00. The van der Waals surface area contributed by atoms with Gasteiger partial charge in [0.2, 0.25) is 0 Å². The molecule has 0 radical (unpaired) electrons. The van der Waals surface area contributed by atoms with Gasteiger partial charge >= 0.3 is 0 Å². The number of morpholine rings is 1. The number of hydrogen-bond acceptors (Lipinski definition) is 5. The van der Waals surface area contributed by atoms with Gasteiger partial charge in [-0.2, -0.15) is 5.26 Å². The Kier molecular flexibility index (Phi) is 5.16. The topological polar surface area (TPSA) is 68.5 Å². The number of rotatable bonds is 5. The molecule has 0 amide bonds. The third kappa shape index (κ3) is 4.21. The summed E-state index contributed by atoms with van der Waals surface area (Å²) in [5, 5.41) is 22.1. The normalized spacial score (nSPS) is 17.7. The van der Waals surface area contributed by atoms with Crippen molar-refractivity contribution >= 4 is 5.69 Å². The number of hydrogen-bond donors (Lipinski definition) is 2. The molecule has 102 valence electrons. The molecule has 5 heteroatoms. The molecular weight excluding hydrogens is 242 g/mol. The van der Waals surface area contributed by atoms with Gasteiger partial charge in [0.25, 0.3) is 0 Å². The average Bonchev–Trinajstić information content (AvgIpc) is 2.46. The van der Waals surface area contributed by atoms with Gasteiger partial charge in [0.1, 0.15) is 6.07 Å². The van der Waals surface area contributed by atoms with E-state index in [1.54, 1.807) is 6.07 Å². The Morgan fingerprint density at radius 2 is 2.11 bits per heavy atom. The Morgan fingerprint density at radius 1 is 1.37 bits per heavy atom. The van der Waals surface area contributed by atoms with Crippen LogP contribution in [0, 0.1) is 11.3 Å². The molecule has 0 spiro atoms. The maximum atomic E-state index is 10.00. The summed E-state index contributed by atoms with van der Waals surface area (Å²) in [4.78, 5) is 2.19. The van der Waals surface area contributed by atoms with Gasteiger partial charge in [-0.25, -0.2) is 0 Å². The van der Waals surface area contributed by atoms with Crippen molar-refractivity contribution in [2.45, 2.75) is 6.10 Å². The van der Waals surface area contributed by atoms with E-state index in [9.17, 15) is 5.11 Å². The van der Waals surface area contributed by atoms with Crippen LogP contribution in [0.2, 0.25) is 0 Å². The van der Waals surface area contributed by atoms with Gasteiger partial charge in [0, 0.05) is 26.2 Å². The minimum atomic E-state index is -0.454. The highest BCUT2D eigenvalue weighted by molar-refractivity contribution is 5.57. The summed E-state index contributed by atoms with van der Waals surface area (Å²) in [6, 6.07) is 9.44. The molecule has 1 aliphatic heterocycles. The molecule has 1 saturated heterocycles. The van der Waals surface area contributed by atoms with Crippen LogP contribution < -0.4 is 5.32 Å². The fourth-order valence-corrected chi connectivity index (χ4v) is 2.11. The standard InChI is InChI=1S/C14H19N3O2/c15-9-12-3-1-2-4-14(12)16-10-13(18)11-17-5-7-19-8-6-17/h1-4,13,16,18H,5-8,10-11H2. The van der Waals surface area contributed by atoms with Gasteiger partial charge in [0.05, 0.1) is 30.6 Å². The molecule has 2 N–H and O–H groups in total. The molecule has 0 aromatic heterocycles. The van der Waals surface area contributed by atoms with Gasteiger partial charge in [-0.15, -0.1) is 0 Å². The molecular formula is C14H19N3O2. The quantitative estimate of drug-likeness (QED) is 0.815. The van der Waals surface area contributed by atoms with Crippen molar-refractivity contribution in [2.24, 2.45) is 0 Å². The van der Waals surface area contributed by atoms with Crippen LogP contribution in [0.5, 0.6) is 0 Å². The van der Waals surface area contributed by atoms with E-state index in [-0.39, 0.29) is 0 Å². The van der Waals surface area contributed by atoms with E-state index in [1.165, 1.54) is 0 Å². The van der Waals surface area contributed by atoms with Crippen molar-refractivity contribution < 1.29 is 9.84 Å². The van der Waals surface area contributed by atoms with Crippen LogP contribution in [0.15, 0.2) is 24.3 Å². The van der Waals surface area contributed by atoms with E-state index in [4.69, 9.17) is 10.00 Å². The van der Waals surface area contributed by atoms with E-state index in [0.29, 0.717) is 18.7 Å². The number of benzene rings is 1. The lowest BCUT2D eigenvalue weighted by molar-refractivity contribution is 0.0171. The number of nitriles is 1. The second-order valence-corrected chi connectivity index (χ2v) is 4.61. The van der Waals surface area contributed by atoms with Crippen molar-refractivity contribution in [3.8, 4) is 6.07 Å². The first kappa shape index (κ1) is 13.8. The van der Waals surface area contributed by atoms with E-state index in [2.05, 4.69) is 16.3 Å². The zero-order chi connectivity index (χ0) is 13.5. The van der Waals surface area contributed by atoms with Crippen LogP contribution >= 0.6 is 0 Å². The average molecular weight is 261 g/mol. The summed E-state index contributed by atoms with van der Waals surface area (Å²) in [5.41, 5.74) is 1.37. The molecule has 0 saturated carbocycles. The van der Waals surface area contributed by atoms with Crippen molar-refractivity contribution in [1.29, 1.82) is 5.26 Å². The van der Waals surface area contributed by atoms with E-state index in [0.717, 1.165) is 32.0 Å². The molecule has 1 aromatic carbocycles. The number of β-amino-alcohol motifs (C(OH)–C–C–N with tert-alkyl or cyclic N) is 1. The minimum Gasteiger partial charge on any atom is -0.390 e. The maximum Gasteiger partial charge on any atom is 0.101 e. The van der Waals surface area contributed by atoms with Crippen LogP contribution in [0.4, 0.5) is 5.69 Å². The highest BCUT2D eigenvalue weighted by Gasteiger charge is 2.14. The highest BCUT2D eigenvalue weighted by Crippen LogP contribution is 2.13. The molecule has 1 aromatic rings. The largest absolute Gasteiger partial charge is 0.390 e. The molecule has 5 nitrogen and oxygen atoms in total. The first-order valence-electron chi connectivity index (χ1n) is 6.51. The van der Waals surface area contributed by atoms with Crippen LogP contribution in [-0.2, 0) is 4.74 Å². The fourth-order valence-electron chi connectivity index (χ4n) is 2.11. The predicted octanol–water partition coefficient (Wildman–Crippen LogP) is 0.663. The number of nitrogens with one attached hydrogen (secondary N) is 1. The first-order chi connectivity index (χ1) is 9.29. The Bertz CT molecular complexity index is 439. The molecule has 0 bridgehead atoms. The predicted molar refractivity (Wildman–Crippen MR) is 72.9 cm³/mol. The first-order valence-corrected chi connectivity index (χ1v) is 6.51. The summed E-state index contributed by atoms with van der Waals surface area (Å²) < 4.78 is 5.27. The second kappa shape index (κ2) is 7.10. The fraction of sp³-hybridized carbons (Fsp3) is 0.500. The van der Waals surface area contributed by atoms with Crippen LogP contribution in [0.3, 0.4) is 0 Å². The van der Waals surface area contributed by atoms with Crippen molar-refractivity contribution in [2.75, 3.05) is 44.7 Å². The number of para-hydroxylation sites is 1. The van der Waals surface area contributed by atoms with Gasteiger partial charge in [-0.1, -0.05) is 12.1 Å². The van der Waals surface area contributed by atoms with Gasteiger partial charge in [-0.05, 0) is 12.1 Å². The van der Waals surface area contributed by atoms with Crippen LogP contribution in [0.1, 0.15) is 5.56 Å². The molecule has 1 unspecified atom stereocenters. The molecule has 1 aliphatic rings. The second-order valence-electron chi connectivity index (χ2n) is 4.61. The molecule has 2 rings (SSSR count). The number of nitrogens with zero attached hydrogens (tertiary/aromatic N) is 2. The summed E-state index contributed by atoms with van der Waals surface area (Å²) >= 11 is 0. The Hall–Kier alpha value is -1.61. The zero-order valence-electron chi connectivity index (χ0n) is 10.9. The summed E-state index contributed by atoms with van der Waals surface area (Å²) in [6.07, 6.45) is -0.454. The van der Waals surface area contributed by atoms with Gasteiger partial charge in [0.15, 0.2) is 0 Å². The lowest BCUT2D eigenvalue weighted by Gasteiger charge is -2.28. The molecule has 1 fully saturated rings. The molecule has 1 heterocycles. The lowest BCUT2D eigenvalue weighted by atomic mass is 10.2. The van der Waals surface area contributed by atoms with E-state index in [1.807, 2.05) is 18.2 Å². The van der Waals surface area contributed by atoms with E-state index >= 15 is 0 Å². The number of aliphatic hydroxyl groups excluding tert-OH is 1. The third-order valence-electron chi connectivity index (χ3n) is 3.15. The molecule has 19 heavy (non-hydrogen) atoms. The van der Waals surface area contributed by atoms with Crippen molar-refractivity contribution in [3.05, 3.63) is 29.8 Å². The summed E-state index contributed by atoms with van der Waals surface area (Å²) in [7, 11) is 0. The number of aliphatic hydroxyl groups is 1. The number of anilines is 1. The number of ether oxygens (including phenoxy) is 1. The molecule has 1 atom stereocenters. The van der Waals surface area contributed by atoms with Crippen LogP contribution in [0.25, 0.3) is 0 Å². The Morgan fingerprint density at radius 3 is 2.84 bits per heavy atom. The monoisotopic (exact) mass is 261 g/mol. The Labute approximate surface area is 113 Å². The van der Waals surface area contributed by atoms with Gasteiger partial charge < -0.3 is 15.2 Å².